The molecular weight excluding hydrogens is 488 g/mol. The zero-order valence-corrected chi connectivity index (χ0v) is 22.4. The zero-order chi connectivity index (χ0) is 28.3. The van der Waals surface area contributed by atoms with E-state index in [9.17, 15) is 34.8 Å². The lowest BCUT2D eigenvalue weighted by Gasteiger charge is -2.50. The summed E-state index contributed by atoms with van der Waals surface area (Å²) in [4.78, 5) is 40.7. The highest BCUT2D eigenvalue weighted by Gasteiger charge is 2.64. The molecule has 0 heterocycles. The van der Waals surface area contributed by atoms with Crippen LogP contribution >= 0.6 is 0 Å². The van der Waals surface area contributed by atoms with Crippen LogP contribution in [0.25, 0.3) is 11.3 Å². The van der Waals surface area contributed by atoms with E-state index < -0.39 is 58.0 Å². The van der Waals surface area contributed by atoms with Gasteiger partial charge in [0.25, 0.3) is 5.91 Å². The molecule has 1 aromatic rings. The zero-order valence-electron chi connectivity index (χ0n) is 22.4. The number of nitrogens with two attached hydrogens (primary N) is 1. The normalized spacial score (nSPS) is 27.6. The van der Waals surface area contributed by atoms with Gasteiger partial charge in [0, 0.05) is 11.5 Å². The summed E-state index contributed by atoms with van der Waals surface area (Å²) in [7, 11) is 3.16. The molecule has 0 bridgehead atoms. The van der Waals surface area contributed by atoms with E-state index in [4.69, 9.17) is 5.73 Å². The molecule has 1 amide bonds. The Morgan fingerprint density at radius 1 is 1.21 bits per heavy atom. The number of aromatic hydroxyl groups is 1. The number of nitrogens with zero attached hydrogens (tertiary/aromatic N) is 1. The van der Waals surface area contributed by atoms with E-state index in [2.05, 4.69) is 19.9 Å². The summed E-state index contributed by atoms with van der Waals surface area (Å²) in [6.45, 7) is 6.26. The molecule has 0 spiro atoms. The first kappa shape index (κ1) is 27.6. The Labute approximate surface area is 221 Å². The maximum absolute atomic E-state index is 13.9. The Morgan fingerprint density at radius 3 is 2.45 bits per heavy atom. The van der Waals surface area contributed by atoms with Crippen LogP contribution in [0.2, 0.25) is 0 Å². The van der Waals surface area contributed by atoms with E-state index in [1.807, 2.05) is 6.92 Å². The van der Waals surface area contributed by atoms with Crippen LogP contribution in [0.4, 0.5) is 0 Å². The van der Waals surface area contributed by atoms with E-state index in [1.165, 1.54) is 11.0 Å². The number of aliphatic hydroxyl groups is 3. The standard InChI is InChI=1S/C29H36N2O7/c1-13(2)7-6-8-14(3)16-9-10-19(32)21-17(16)11-15-12-18-23(31(4)5)25(34)22(28(30)37)27(36)29(18,38)26(35)20(15)24(21)33/h8-10,13,15,18,23,32-33,36,38H,6-7,11-12H2,1-5H3,(H2,30,37)/b14-8-. The summed E-state index contributed by atoms with van der Waals surface area (Å²) in [5.41, 5.74) is 4.35. The molecule has 1 fully saturated rings. The van der Waals surface area contributed by atoms with Gasteiger partial charge >= 0.3 is 0 Å². The van der Waals surface area contributed by atoms with Crippen molar-refractivity contribution in [3.8, 4) is 5.75 Å². The second kappa shape index (κ2) is 9.71. The third kappa shape index (κ3) is 4.05. The fourth-order valence-electron chi connectivity index (χ4n) is 6.36. The van der Waals surface area contributed by atoms with Crippen LogP contribution in [0.3, 0.4) is 0 Å². The summed E-state index contributed by atoms with van der Waals surface area (Å²) in [5, 5.41) is 44.7. The van der Waals surface area contributed by atoms with Crippen molar-refractivity contribution in [3.05, 3.63) is 51.8 Å². The lowest BCUT2D eigenvalue weighted by atomic mass is 9.57. The number of allylic oxidation sites excluding steroid dienone is 2. The quantitative estimate of drug-likeness (QED) is 0.355. The molecule has 6 N–H and O–H groups in total. The molecule has 1 aromatic carbocycles. The van der Waals surface area contributed by atoms with Gasteiger partial charge in [-0.2, -0.15) is 0 Å². The van der Waals surface area contributed by atoms with E-state index >= 15 is 0 Å². The summed E-state index contributed by atoms with van der Waals surface area (Å²) in [6, 6.07) is 2.14. The lowest BCUT2D eigenvalue weighted by molar-refractivity contribution is -0.153. The third-order valence-corrected chi connectivity index (χ3v) is 8.22. The summed E-state index contributed by atoms with van der Waals surface area (Å²) in [5.74, 6) is -5.96. The number of carbonyl (C=O) groups is 3. The van der Waals surface area contributed by atoms with Crippen LogP contribution < -0.4 is 5.73 Å². The van der Waals surface area contributed by atoms with Crippen LogP contribution in [0, 0.1) is 17.8 Å². The molecular formula is C29H36N2O7. The first-order valence-corrected chi connectivity index (χ1v) is 12.9. The van der Waals surface area contributed by atoms with Gasteiger partial charge in [-0.15, -0.1) is 0 Å². The largest absolute Gasteiger partial charge is 0.508 e. The minimum absolute atomic E-state index is 0.0664. The van der Waals surface area contributed by atoms with Crippen molar-refractivity contribution in [2.45, 2.75) is 58.1 Å². The van der Waals surface area contributed by atoms with Gasteiger partial charge in [-0.3, -0.25) is 19.3 Å². The van der Waals surface area contributed by atoms with Gasteiger partial charge in [0.15, 0.2) is 11.4 Å². The van der Waals surface area contributed by atoms with Crippen LogP contribution in [0.1, 0.15) is 56.7 Å². The molecule has 38 heavy (non-hydrogen) atoms. The minimum Gasteiger partial charge on any atom is -0.508 e. The van der Waals surface area contributed by atoms with Crippen LogP contribution in [-0.4, -0.2) is 68.5 Å². The number of fused-ring (bicyclic) bond motifs is 3. The molecule has 204 valence electrons. The second-order valence-corrected chi connectivity index (χ2v) is 11.3. The molecule has 3 aliphatic carbocycles. The van der Waals surface area contributed by atoms with Crippen LogP contribution in [0.15, 0.2) is 35.1 Å². The maximum Gasteiger partial charge on any atom is 0.255 e. The van der Waals surface area contributed by atoms with Crippen molar-refractivity contribution in [2.24, 2.45) is 23.5 Å². The number of hydrogen-bond donors (Lipinski definition) is 5. The van der Waals surface area contributed by atoms with Crippen molar-refractivity contribution < 1.29 is 34.8 Å². The van der Waals surface area contributed by atoms with E-state index in [0.717, 1.165) is 24.0 Å². The van der Waals surface area contributed by atoms with Crippen molar-refractivity contribution >= 4 is 28.8 Å². The van der Waals surface area contributed by atoms with Gasteiger partial charge < -0.3 is 26.2 Å². The molecule has 9 heteroatoms. The molecule has 4 atom stereocenters. The molecule has 0 aromatic heterocycles. The molecule has 9 nitrogen and oxygen atoms in total. The van der Waals surface area contributed by atoms with E-state index in [0.29, 0.717) is 11.5 Å². The number of ketones is 2. The Balaban J connectivity index is 1.90. The fraction of sp³-hybridized carbons (Fsp3) is 0.483. The van der Waals surface area contributed by atoms with E-state index in [-0.39, 0.29) is 29.7 Å². The Morgan fingerprint density at radius 2 is 1.87 bits per heavy atom. The first-order valence-electron chi connectivity index (χ1n) is 12.9. The average Bonchev–Trinajstić information content (AvgIpc) is 2.80. The average molecular weight is 525 g/mol. The number of likely N-dealkylation sites (N-methyl/N-ethyl adjacent to an activating group) is 1. The third-order valence-electron chi connectivity index (χ3n) is 8.22. The van der Waals surface area contributed by atoms with Crippen molar-refractivity contribution in [1.29, 1.82) is 0 Å². The molecule has 3 aliphatic rings. The van der Waals surface area contributed by atoms with Gasteiger partial charge in [0.2, 0.25) is 5.78 Å². The predicted octanol–water partition coefficient (Wildman–Crippen LogP) is 2.80. The number of primary amides is 1. The topological polar surface area (TPSA) is 161 Å². The molecule has 1 saturated carbocycles. The van der Waals surface area contributed by atoms with Crippen LogP contribution in [-0.2, 0) is 20.8 Å². The van der Waals surface area contributed by atoms with Crippen LogP contribution in [0.5, 0.6) is 5.75 Å². The summed E-state index contributed by atoms with van der Waals surface area (Å²) in [6.07, 6.45) is 4.33. The summed E-state index contributed by atoms with van der Waals surface area (Å²) >= 11 is 0. The molecule has 0 radical (unpaired) electrons. The smallest absolute Gasteiger partial charge is 0.255 e. The first-order chi connectivity index (χ1) is 17.7. The number of phenols is 1. The SMILES string of the molecule is C/C(=C/CCC(C)C)c1ccc(O)c2c1CC1CC3C(N(C)C)C(=O)C(C(N)=O)=C(O)C3(O)C(=O)C1=C2O. The minimum atomic E-state index is -2.63. The van der Waals surface area contributed by atoms with E-state index in [1.54, 1.807) is 20.2 Å². The number of Topliss-reactive ketones (excluding diaryl/α,β-unsaturated/α-hetero) is 2. The van der Waals surface area contributed by atoms with Gasteiger partial charge in [0.05, 0.1) is 11.6 Å². The highest BCUT2D eigenvalue weighted by Crippen LogP contribution is 2.53. The number of benzene rings is 1. The number of aliphatic hydroxyl groups excluding tert-OH is 2. The van der Waals surface area contributed by atoms with Gasteiger partial charge in [0.1, 0.15) is 22.8 Å². The Kier molecular flexibility index (Phi) is 7.05. The molecule has 4 rings (SSSR count). The Hall–Kier alpha value is -3.43. The number of phenolic OH excluding ortho intramolecular Hbond substituents is 1. The molecule has 4 unspecified atom stereocenters. The Bertz CT molecular complexity index is 1320. The number of hydrogen-bond acceptors (Lipinski definition) is 8. The second-order valence-electron chi connectivity index (χ2n) is 11.3. The summed E-state index contributed by atoms with van der Waals surface area (Å²) < 4.78 is 0. The van der Waals surface area contributed by atoms with Crippen molar-refractivity contribution in [3.63, 3.8) is 0 Å². The monoisotopic (exact) mass is 524 g/mol. The van der Waals surface area contributed by atoms with Gasteiger partial charge in [-0.05, 0) is 81.3 Å². The number of carbonyl (C=O) groups excluding carboxylic acids is 3. The molecule has 0 saturated heterocycles. The van der Waals surface area contributed by atoms with Crippen molar-refractivity contribution in [1.82, 2.24) is 4.90 Å². The number of amides is 1. The highest BCUT2D eigenvalue weighted by molar-refractivity contribution is 6.24. The predicted molar refractivity (Wildman–Crippen MR) is 142 cm³/mol. The lowest BCUT2D eigenvalue weighted by Crippen LogP contribution is -2.65. The van der Waals surface area contributed by atoms with Gasteiger partial charge in [-0.25, -0.2) is 0 Å². The van der Waals surface area contributed by atoms with Gasteiger partial charge in [-0.1, -0.05) is 26.0 Å². The molecule has 0 aliphatic heterocycles. The fourth-order valence-corrected chi connectivity index (χ4v) is 6.36. The highest BCUT2D eigenvalue weighted by atomic mass is 16.3. The van der Waals surface area contributed by atoms with Crippen molar-refractivity contribution in [2.75, 3.05) is 14.1 Å². The number of rotatable bonds is 6. The maximum atomic E-state index is 13.9.